The van der Waals surface area contributed by atoms with E-state index in [4.69, 9.17) is 0 Å². The third kappa shape index (κ3) is 4.56. The van der Waals surface area contributed by atoms with E-state index >= 15 is 0 Å². The van der Waals surface area contributed by atoms with Crippen molar-refractivity contribution < 1.29 is 32.1 Å². The van der Waals surface area contributed by atoms with Crippen molar-refractivity contribution in [1.29, 1.82) is 0 Å². The zero-order chi connectivity index (χ0) is 42.8. The summed E-state index contributed by atoms with van der Waals surface area (Å²) in [7, 11) is -4.59. The van der Waals surface area contributed by atoms with Gasteiger partial charge >= 0.3 is 0 Å². The minimum absolute atomic E-state index is 0.0320. The number of hydrogen-bond donors (Lipinski definition) is 1. The van der Waals surface area contributed by atoms with Gasteiger partial charge in [-0.25, -0.2) is 4.90 Å². The van der Waals surface area contributed by atoms with Crippen LogP contribution in [0.5, 0.6) is 0 Å². The summed E-state index contributed by atoms with van der Waals surface area (Å²) in [5.74, 6) is -2.20. The second kappa shape index (κ2) is 12.3. The molecular weight excluding hydrogens is 795 g/mol. The molecule has 0 saturated carbocycles. The number of ketones is 2. The van der Waals surface area contributed by atoms with Crippen LogP contribution < -0.4 is 4.90 Å². The molecule has 10 aromatic rings. The van der Waals surface area contributed by atoms with Crippen molar-refractivity contribution >= 4 is 115 Å². The Morgan fingerprint density at radius 1 is 0.468 bits per heavy atom. The quantitative estimate of drug-likeness (QED) is 0.0602. The van der Waals surface area contributed by atoms with Crippen LogP contribution in [0.3, 0.4) is 0 Å². The van der Waals surface area contributed by atoms with Gasteiger partial charge in [-0.05, 0) is 123 Å². The number of hydrogen-bond acceptors (Lipinski definition) is 6. The normalized spacial score (nSPS) is 15.0. The van der Waals surface area contributed by atoms with E-state index in [0.29, 0.717) is 33.0 Å². The summed E-state index contributed by atoms with van der Waals surface area (Å²) in [4.78, 5) is 58.6. The highest BCUT2D eigenvalue weighted by Gasteiger charge is 2.41. The summed E-state index contributed by atoms with van der Waals surface area (Å²) in [6, 6.07) is 34.8. The van der Waals surface area contributed by atoms with E-state index in [9.17, 15) is 32.1 Å². The predicted molar refractivity (Wildman–Crippen MR) is 245 cm³/mol. The molecule has 8 nitrogen and oxygen atoms in total. The zero-order valence-electron chi connectivity index (χ0n) is 34.0. The van der Waals surface area contributed by atoms with Crippen LogP contribution >= 0.6 is 0 Å². The number of carbonyl (C=O) groups is 4. The molecule has 0 spiro atoms. The summed E-state index contributed by atoms with van der Waals surface area (Å²) in [5, 5.41) is 12.5. The van der Waals surface area contributed by atoms with Crippen LogP contribution in [0, 0.1) is 0 Å². The first-order chi connectivity index (χ1) is 29.8. The minimum Gasteiger partial charge on any atom is -0.293 e. The lowest BCUT2D eigenvalue weighted by Gasteiger charge is -2.30. The number of carbonyl (C=O) groups excluding carboxylic acids is 4. The molecule has 0 saturated heterocycles. The van der Waals surface area contributed by atoms with Crippen LogP contribution in [0.15, 0.2) is 120 Å². The van der Waals surface area contributed by atoms with E-state index in [0.717, 1.165) is 92.3 Å². The van der Waals surface area contributed by atoms with E-state index in [1.165, 1.54) is 18.2 Å². The Labute approximate surface area is 354 Å². The maximum absolute atomic E-state index is 14.8. The second-order valence-corrected chi connectivity index (χ2v) is 18.9. The summed E-state index contributed by atoms with van der Waals surface area (Å²) < 4.78 is 33.6. The predicted octanol–water partition coefficient (Wildman–Crippen LogP) is 12.1. The average molecular weight is 830 g/mol. The van der Waals surface area contributed by atoms with E-state index < -0.39 is 32.7 Å². The Hall–Kier alpha value is -7.07. The molecule has 0 aromatic heterocycles. The summed E-state index contributed by atoms with van der Waals surface area (Å²) in [5.41, 5.74) is 4.66. The fourth-order valence-electron chi connectivity index (χ4n) is 11.0. The molecule has 0 atom stereocenters. The molecule has 1 aliphatic heterocycles. The molecule has 1 heterocycles. The monoisotopic (exact) mass is 829 g/mol. The second-order valence-electron chi connectivity index (χ2n) is 17.5. The van der Waals surface area contributed by atoms with Crippen LogP contribution in [-0.2, 0) is 10.1 Å². The van der Waals surface area contributed by atoms with Gasteiger partial charge < -0.3 is 0 Å². The van der Waals surface area contributed by atoms with Gasteiger partial charge in [0, 0.05) is 33.0 Å². The maximum Gasteiger partial charge on any atom is 0.294 e. The van der Waals surface area contributed by atoms with Gasteiger partial charge in [0.05, 0.1) is 10.6 Å². The SMILES string of the molecule is CC(C)c1cccc(C(C)C)c1C1C(=O)c2ccc3c4ccc5c6ccc7c8c(ccc(c9ccc(c%10ccc(c2c3%10)C1=O)c4c59)c86)C(=O)N(c1cccc(S(=O)(=O)O)c1)C7=O. The molecule has 0 fully saturated rings. The molecule has 12 rings (SSSR count). The minimum atomic E-state index is -4.59. The summed E-state index contributed by atoms with van der Waals surface area (Å²) in [6.45, 7) is 8.42. The van der Waals surface area contributed by atoms with Crippen molar-refractivity contribution in [3.8, 4) is 0 Å². The summed E-state index contributed by atoms with van der Waals surface area (Å²) in [6.07, 6.45) is 0. The van der Waals surface area contributed by atoms with Gasteiger partial charge in [0.1, 0.15) is 5.92 Å². The molecule has 0 unspecified atom stereocenters. The van der Waals surface area contributed by atoms with Crippen LogP contribution in [-0.4, -0.2) is 36.4 Å². The van der Waals surface area contributed by atoms with E-state index in [1.807, 2.05) is 54.6 Å². The van der Waals surface area contributed by atoms with Crippen molar-refractivity contribution in [3.63, 3.8) is 0 Å². The van der Waals surface area contributed by atoms with Crippen molar-refractivity contribution in [1.82, 2.24) is 0 Å². The van der Waals surface area contributed by atoms with Crippen LogP contribution in [0.25, 0.3) is 75.4 Å². The van der Waals surface area contributed by atoms with Gasteiger partial charge in [0.2, 0.25) is 0 Å². The third-order valence-electron chi connectivity index (χ3n) is 13.6. The Kier molecular flexibility index (Phi) is 7.28. The topological polar surface area (TPSA) is 126 Å². The first kappa shape index (κ1) is 36.8. The highest BCUT2D eigenvalue weighted by molar-refractivity contribution is 7.85. The molecule has 1 N–H and O–H groups in total. The zero-order valence-corrected chi connectivity index (χ0v) is 34.8. The van der Waals surface area contributed by atoms with Gasteiger partial charge in [0.25, 0.3) is 21.9 Å². The number of anilines is 1. The van der Waals surface area contributed by atoms with Gasteiger partial charge in [-0.15, -0.1) is 0 Å². The highest BCUT2D eigenvalue weighted by atomic mass is 32.2. The molecular formula is C53H35NO7S. The number of fused-ring (bicyclic) bond motifs is 4. The Morgan fingerprint density at radius 3 is 1.23 bits per heavy atom. The molecule has 9 heteroatoms. The lowest BCUT2D eigenvalue weighted by atomic mass is 9.71. The van der Waals surface area contributed by atoms with E-state index in [2.05, 4.69) is 52.0 Å². The van der Waals surface area contributed by atoms with Crippen molar-refractivity contribution in [3.05, 3.63) is 154 Å². The number of nitrogens with zero attached hydrogens (tertiary/aromatic N) is 1. The first-order valence-corrected chi connectivity index (χ1v) is 22.2. The molecule has 10 aromatic carbocycles. The van der Waals surface area contributed by atoms with Crippen molar-refractivity contribution in [2.45, 2.75) is 50.3 Å². The molecule has 300 valence electrons. The van der Waals surface area contributed by atoms with Crippen molar-refractivity contribution in [2.24, 2.45) is 0 Å². The number of Topliss-reactive ketones (excluding diaryl/α,β-unsaturated/α-hetero) is 2. The van der Waals surface area contributed by atoms with Crippen LogP contribution in [0.1, 0.15) is 104 Å². The van der Waals surface area contributed by atoms with Gasteiger partial charge in [-0.2, -0.15) is 8.42 Å². The van der Waals surface area contributed by atoms with Crippen molar-refractivity contribution in [2.75, 3.05) is 4.90 Å². The smallest absolute Gasteiger partial charge is 0.293 e. The first-order valence-electron chi connectivity index (χ1n) is 20.7. The number of imide groups is 1. The van der Waals surface area contributed by atoms with Crippen LogP contribution in [0.2, 0.25) is 0 Å². The molecule has 1 aliphatic carbocycles. The lowest BCUT2D eigenvalue weighted by molar-refractivity contribution is 0.0849. The standard InChI is InChI=1S/C53H35NO7S/c1-24(2)28-9-6-10-29(25(3)4)42(28)49-50(55)38-19-15-34-30-11-13-32-36-17-21-40-48-41(53(58)54(52(40)57)26-7-5-8-27(23-26)62(59,60)61)22-18-37(46(36)48)33-14-12-31(43(30)44(32)33)35-16-20-39(51(49)56)47(38)45(34)35/h5-25,49H,1-4H3,(H,59,60,61). The summed E-state index contributed by atoms with van der Waals surface area (Å²) >= 11 is 0. The molecule has 0 radical (unpaired) electrons. The fraction of sp³-hybridized carbons (Fsp3) is 0.132. The molecule has 2 amide bonds. The lowest BCUT2D eigenvalue weighted by Crippen LogP contribution is -2.40. The van der Waals surface area contributed by atoms with E-state index in [-0.39, 0.29) is 29.1 Å². The molecule has 0 bridgehead atoms. The Morgan fingerprint density at radius 2 is 0.823 bits per heavy atom. The number of benzene rings is 10. The van der Waals surface area contributed by atoms with Gasteiger partial charge in [-0.1, -0.05) is 113 Å². The Bertz CT molecular complexity index is 3690. The van der Waals surface area contributed by atoms with Gasteiger partial charge in [0.15, 0.2) is 11.6 Å². The maximum atomic E-state index is 14.8. The third-order valence-corrected chi connectivity index (χ3v) is 14.5. The Balaban J connectivity index is 1.08. The largest absolute Gasteiger partial charge is 0.294 e. The number of rotatable bonds is 5. The number of amides is 2. The van der Waals surface area contributed by atoms with Gasteiger partial charge in [-0.3, -0.25) is 23.7 Å². The average Bonchev–Trinajstić information content (AvgIpc) is 3.26. The highest BCUT2D eigenvalue weighted by Crippen LogP contribution is 2.51. The van der Waals surface area contributed by atoms with Crippen LogP contribution in [0.4, 0.5) is 5.69 Å². The van der Waals surface area contributed by atoms with E-state index in [1.54, 1.807) is 12.1 Å². The molecule has 2 aliphatic rings. The molecule has 62 heavy (non-hydrogen) atoms. The fourth-order valence-corrected chi connectivity index (χ4v) is 11.6.